The molecule has 0 aliphatic rings. The number of carbonyl (C=O) groups is 1. The molecule has 4 aromatic rings. The standard InChI is InChI=1S/C25H22F4N4O3/c1-14-9-15(3-5-18(14)24(30)34)33-13-32-23-20(31-8-7-25(27,28)29)11-17(12-21(23)33)36-22-6-4-16(35-2)10-19(22)26/h3-6,9-13,31H,7-8H2,1-2H3,(H2,30,34). The number of nitrogens with one attached hydrogen (secondary N) is 1. The highest BCUT2D eigenvalue weighted by Crippen LogP contribution is 2.35. The predicted molar refractivity (Wildman–Crippen MR) is 127 cm³/mol. The second-order valence-electron chi connectivity index (χ2n) is 8.01. The summed E-state index contributed by atoms with van der Waals surface area (Å²) in [4.78, 5) is 16.0. The van der Waals surface area contributed by atoms with Gasteiger partial charge in [0.15, 0.2) is 11.6 Å². The summed E-state index contributed by atoms with van der Waals surface area (Å²) in [5.74, 6) is -0.856. The molecule has 11 heteroatoms. The van der Waals surface area contributed by atoms with E-state index < -0.39 is 30.9 Å². The molecule has 0 bridgehead atoms. The van der Waals surface area contributed by atoms with Crippen molar-refractivity contribution in [3.05, 3.63) is 71.8 Å². The van der Waals surface area contributed by atoms with Crippen molar-refractivity contribution in [2.45, 2.75) is 19.5 Å². The maximum atomic E-state index is 14.5. The number of fused-ring (bicyclic) bond motifs is 1. The predicted octanol–water partition coefficient (Wildman–Crippen LogP) is 5.74. The number of hydrogen-bond donors (Lipinski definition) is 2. The number of nitrogens with zero attached hydrogens (tertiary/aromatic N) is 2. The van der Waals surface area contributed by atoms with Gasteiger partial charge in [-0.3, -0.25) is 9.36 Å². The molecule has 0 saturated carbocycles. The quantitative estimate of drug-likeness (QED) is 0.300. The van der Waals surface area contributed by atoms with E-state index in [9.17, 15) is 22.4 Å². The summed E-state index contributed by atoms with van der Waals surface area (Å²) in [7, 11) is 1.40. The maximum absolute atomic E-state index is 14.5. The zero-order chi connectivity index (χ0) is 26.0. The molecule has 3 N–H and O–H groups in total. The number of halogens is 4. The third-order valence-electron chi connectivity index (χ3n) is 5.47. The summed E-state index contributed by atoms with van der Waals surface area (Å²) < 4.78 is 65.1. The van der Waals surface area contributed by atoms with Gasteiger partial charge in [0.2, 0.25) is 5.91 Å². The number of primary amides is 1. The average molecular weight is 502 g/mol. The van der Waals surface area contributed by atoms with E-state index >= 15 is 0 Å². The van der Waals surface area contributed by atoms with Crippen molar-refractivity contribution in [2.75, 3.05) is 19.0 Å². The lowest BCUT2D eigenvalue weighted by atomic mass is 10.1. The molecule has 0 aliphatic heterocycles. The highest BCUT2D eigenvalue weighted by atomic mass is 19.4. The van der Waals surface area contributed by atoms with Gasteiger partial charge in [-0.2, -0.15) is 13.2 Å². The number of nitrogens with two attached hydrogens (primary N) is 1. The lowest BCUT2D eigenvalue weighted by molar-refractivity contribution is -0.131. The summed E-state index contributed by atoms with van der Waals surface area (Å²) in [6.45, 7) is 1.34. The monoisotopic (exact) mass is 502 g/mol. The van der Waals surface area contributed by atoms with Gasteiger partial charge < -0.3 is 20.5 Å². The van der Waals surface area contributed by atoms with Crippen molar-refractivity contribution in [1.82, 2.24) is 9.55 Å². The fourth-order valence-electron chi connectivity index (χ4n) is 3.72. The van der Waals surface area contributed by atoms with E-state index in [2.05, 4.69) is 10.3 Å². The van der Waals surface area contributed by atoms with Gasteiger partial charge in [0.05, 0.1) is 24.7 Å². The molecule has 188 valence electrons. The van der Waals surface area contributed by atoms with Gasteiger partial charge in [0.25, 0.3) is 0 Å². The Labute approximate surface area is 203 Å². The molecule has 1 aromatic heterocycles. The van der Waals surface area contributed by atoms with E-state index in [1.807, 2.05) is 0 Å². The molecule has 3 aromatic carbocycles. The number of carbonyl (C=O) groups excluding carboxylic acids is 1. The van der Waals surface area contributed by atoms with E-state index in [0.717, 1.165) is 6.07 Å². The molecule has 36 heavy (non-hydrogen) atoms. The Kier molecular flexibility index (Phi) is 6.73. The number of methoxy groups -OCH3 is 1. The molecule has 1 heterocycles. The third kappa shape index (κ3) is 5.35. The minimum Gasteiger partial charge on any atom is -0.497 e. The van der Waals surface area contributed by atoms with Crippen LogP contribution >= 0.6 is 0 Å². The number of hydrogen-bond acceptors (Lipinski definition) is 5. The van der Waals surface area contributed by atoms with Crippen LogP contribution in [0.3, 0.4) is 0 Å². The number of imidazole rings is 1. The van der Waals surface area contributed by atoms with E-state index in [0.29, 0.717) is 33.6 Å². The number of alkyl halides is 3. The van der Waals surface area contributed by atoms with Crippen LogP contribution in [0.15, 0.2) is 54.9 Å². The first-order valence-corrected chi connectivity index (χ1v) is 10.8. The van der Waals surface area contributed by atoms with E-state index in [4.69, 9.17) is 15.2 Å². The lowest BCUT2D eigenvalue weighted by Gasteiger charge is -2.14. The van der Waals surface area contributed by atoms with Crippen molar-refractivity contribution in [1.29, 1.82) is 0 Å². The molecule has 0 saturated heterocycles. The summed E-state index contributed by atoms with van der Waals surface area (Å²) in [6.07, 6.45) is -3.90. The van der Waals surface area contributed by atoms with Gasteiger partial charge in [-0.25, -0.2) is 9.37 Å². The van der Waals surface area contributed by atoms with E-state index in [-0.39, 0.29) is 17.2 Å². The molecule has 0 radical (unpaired) electrons. The fraction of sp³-hybridized carbons (Fsp3) is 0.200. The van der Waals surface area contributed by atoms with Gasteiger partial charge in [-0.1, -0.05) is 0 Å². The molecule has 4 rings (SSSR count). The van der Waals surface area contributed by atoms with Crippen molar-refractivity contribution >= 4 is 22.6 Å². The summed E-state index contributed by atoms with van der Waals surface area (Å²) in [5, 5.41) is 2.75. The minimum absolute atomic E-state index is 0.0934. The van der Waals surface area contributed by atoms with Gasteiger partial charge in [0, 0.05) is 36.0 Å². The Morgan fingerprint density at radius 3 is 2.53 bits per heavy atom. The van der Waals surface area contributed by atoms with Crippen molar-refractivity contribution in [3.63, 3.8) is 0 Å². The summed E-state index contributed by atoms with van der Waals surface area (Å²) in [6, 6.07) is 12.1. The Bertz CT molecular complexity index is 1430. The Morgan fingerprint density at radius 1 is 1.11 bits per heavy atom. The molecule has 7 nitrogen and oxygen atoms in total. The van der Waals surface area contributed by atoms with Crippen molar-refractivity contribution in [2.24, 2.45) is 5.73 Å². The molecule has 0 spiro atoms. The number of aromatic nitrogens is 2. The summed E-state index contributed by atoms with van der Waals surface area (Å²) >= 11 is 0. The fourth-order valence-corrected chi connectivity index (χ4v) is 3.72. The van der Waals surface area contributed by atoms with Gasteiger partial charge in [-0.05, 0) is 42.8 Å². The first kappa shape index (κ1) is 24.8. The maximum Gasteiger partial charge on any atom is 0.390 e. The van der Waals surface area contributed by atoms with Crippen molar-refractivity contribution < 1.29 is 31.8 Å². The highest BCUT2D eigenvalue weighted by molar-refractivity contribution is 5.95. The average Bonchev–Trinajstić information content (AvgIpc) is 3.23. The van der Waals surface area contributed by atoms with Crippen LogP contribution < -0.4 is 20.5 Å². The number of rotatable bonds is 8. The van der Waals surface area contributed by atoms with Gasteiger partial charge >= 0.3 is 6.18 Å². The molecule has 0 atom stereocenters. The molecular weight excluding hydrogens is 480 g/mol. The molecular formula is C25H22F4N4O3. The largest absolute Gasteiger partial charge is 0.497 e. The van der Waals surface area contributed by atoms with Crippen LogP contribution in [0.1, 0.15) is 22.3 Å². The Balaban J connectivity index is 1.78. The molecule has 0 aliphatic carbocycles. The number of aryl methyl sites for hydroxylation is 1. The Hall–Kier alpha value is -4.28. The van der Waals surface area contributed by atoms with Crippen LogP contribution in [0.2, 0.25) is 0 Å². The smallest absolute Gasteiger partial charge is 0.390 e. The second-order valence-corrected chi connectivity index (χ2v) is 8.01. The van der Waals surface area contributed by atoms with Crippen LogP contribution in [-0.2, 0) is 0 Å². The first-order valence-electron chi connectivity index (χ1n) is 10.8. The molecule has 0 unspecified atom stereocenters. The number of ether oxygens (including phenoxy) is 2. The van der Waals surface area contributed by atoms with Crippen LogP contribution in [0.25, 0.3) is 16.7 Å². The lowest BCUT2D eigenvalue weighted by Crippen LogP contribution is -2.14. The van der Waals surface area contributed by atoms with Crippen molar-refractivity contribution in [3.8, 4) is 22.9 Å². The summed E-state index contributed by atoms with van der Waals surface area (Å²) in [5.41, 5.74) is 8.18. The zero-order valence-corrected chi connectivity index (χ0v) is 19.3. The SMILES string of the molecule is COc1ccc(Oc2cc(NCCC(F)(F)F)c3ncn(-c4ccc(C(N)=O)c(C)c4)c3c2)c(F)c1. The number of anilines is 1. The number of benzene rings is 3. The molecule has 0 fully saturated rings. The van der Waals surface area contributed by atoms with Crippen LogP contribution in [0.5, 0.6) is 17.2 Å². The van der Waals surface area contributed by atoms with Crippen LogP contribution in [0, 0.1) is 12.7 Å². The van der Waals surface area contributed by atoms with E-state index in [1.165, 1.54) is 31.6 Å². The zero-order valence-electron chi connectivity index (χ0n) is 19.3. The van der Waals surface area contributed by atoms with Gasteiger partial charge in [-0.15, -0.1) is 0 Å². The highest BCUT2D eigenvalue weighted by Gasteiger charge is 2.26. The van der Waals surface area contributed by atoms with E-state index in [1.54, 1.807) is 35.8 Å². The third-order valence-corrected chi connectivity index (χ3v) is 5.47. The minimum atomic E-state index is -4.34. The van der Waals surface area contributed by atoms with Gasteiger partial charge in [0.1, 0.15) is 23.3 Å². The second kappa shape index (κ2) is 9.76. The first-order chi connectivity index (χ1) is 17.1. The van der Waals surface area contributed by atoms with Crippen LogP contribution in [0.4, 0.5) is 23.2 Å². The Morgan fingerprint density at radius 2 is 1.89 bits per heavy atom. The topological polar surface area (TPSA) is 91.4 Å². The number of amides is 1. The normalized spacial score (nSPS) is 11.5. The van der Waals surface area contributed by atoms with Crippen LogP contribution in [-0.4, -0.2) is 35.3 Å². The molecule has 1 amide bonds.